The van der Waals surface area contributed by atoms with E-state index in [1.54, 1.807) is 35.1 Å². The predicted molar refractivity (Wildman–Crippen MR) is 92.4 cm³/mol. The topological polar surface area (TPSA) is 96.5 Å². The van der Waals surface area contributed by atoms with Crippen molar-refractivity contribution in [3.05, 3.63) is 82.2 Å². The summed E-state index contributed by atoms with van der Waals surface area (Å²) in [6.07, 6.45) is 3.53. The summed E-state index contributed by atoms with van der Waals surface area (Å²) in [5, 5.41) is 15.3. The molecule has 0 aliphatic carbocycles. The van der Waals surface area contributed by atoms with Gasteiger partial charge in [0.15, 0.2) is 0 Å². The molecule has 0 aliphatic heterocycles. The van der Waals surface area contributed by atoms with Crippen LogP contribution in [0.2, 0.25) is 0 Å². The van der Waals surface area contributed by atoms with Crippen LogP contribution in [-0.4, -0.2) is 27.8 Å². The molecule has 0 radical (unpaired) electrons. The minimum atomic E-state index is -0.677. The smallest absolute Gasteiger partial charge is 0.343 e. The number of nitro benzene ring substituents is 1. The lowest BCUT2D eigenvalue weighted by atomic mass is 10.1. The van der Waals surface area contributed by atoms with E-state index in [9.17, 15) is 14.9 Å². The summed E-state index contributed by atoms with van der Waals surface area (Å²) < 4.78 is 11.9. The highest BCUT2D eigenvalue weighted by atomic mass is 16.6. The Hall–Kier alpha value is -3.68. The summed E-state index contributed by atoms with van der Waals surface area (Å²) in [7, 11) is 1.40. The number of hydrogen-bond acceptors (Lipinski definition) is 6. The number of rotatable bonds is 6. The van der Waals surface area contributed by atoms with Crippen LogP contribution in [0.1, 0.15) is 15.9 Å². The van der Waals surface area contributed by atoms with E-state index in [-0.39, 0.29) is 11.4 Å². The molecule has 0 amide bonds. The Morgan fingerprint density at radius 3 is 2.62 bits per heavy atom. The fourth-order valence-electron chi connectivity index (χ4n) is 2.34. The van der Waals surface area contributed by atoms with Crippen LogP contribution in [0.15, 0.2) is 60.9 Å². The van der Waals surface area contributed by atoms with Crippen molar-refractivity contribution in [3.63, 3.8) is 0 Å². The van der Waals surface area contributed by atoms with E-state index in [0.29, 0.717) is 17.9 Å². The fraction of sp³-hybridized carbons (Fsp3) is 0.111. The predicted octanol–water partition coefficient (Wildman–Crippen LogP) is 3.07. The van der Waals surface area contributed by atoms with E-state index in [1.807, 2.05) is 12.3 Å². The molecular formula is C18H15N3O5. The SMILES string of the molecule is COc1ccc(OC(=O)c2ccc(Cn3cccn3)cc2)c([N+](=O)[O-])c1. The monoisotopic (exact) mass is 353 g/mol. The average Bonchev–Trinajstić information content (AvgIpc) is 3.15. The number of methoxy groups -OCH3 is 1. The number of hydrogen-bond donors (Lipinski definition) is 0. The van der Waals surface area contributed by atoms with Crippen LogP contribution in [0.4, 0.5) is 5.69 Å². The van der Waals surface area contributed by atoms with Crippen molar-refractivity contribution in [2.75, 3.05) is 7.11 Å². The van der Waals surface area contributed by atoms with Crippen molar-refractivity contribution in [3.8, 4) is 11.5 Å². The molecule has 0 unspecified atom stereocenters. The van der Waals surface area contributed by atoms with Gasteiger partial charge in [-0.1, -0.05) is 12.1 Å². The zero-order valence-corrected chi connectivity index (χ0v) is 13.9. The zero-order chi connectivity index (χ0) is 18.5. The molecule has 3 rings (SSSR count). The zero-order valence-electron chi connectivity index (χ0n) is 13.9. The second-order valence-electron chi connectivity index (χ2n) is 5.38. The molecule has 8 heteroatoms. The molecule has 0 bridgehead atoms. The number of nitro groups is 1. The summed E-state index contributed by atoms with van der Waals surface area (Å²) in [5.41, 5.74) is 0.910. The van der Waals surface area contributed by atoms with Gasteiger partial charge in [-0.3, -0.25) is 14.8 Å². The van der Waals surface area contributed by atoms with Gasteiger partial charge in [0.25, 0.3) is 0 Å². The van der Waals surface area contributed by atoms with Crippen LogP contribution in [0.3, 0.4) is 0 Å². The molecular weight excluding hydrogens is 338 g/mol. The molecule has 0 spiro atoms. The molecule has 1 heterocycles. The second-order valence-corrected chi connectivity index (χ2v) is 5.38. The minimum absolute atomic E-state index is 0.138. The number of carbonyl (C=O) groups is 1. The molecule has 0 fully saturated rings. The van der Waals surface area contributed by atoms with Gasteiger partial charge in [0, 0.05) is 12.4 Å². The first-order valence-electron chi connectivity index (χ1n) is 7.68. The van der Waals surface area contributed by atoms with Crippen LogP contribution in [0.25, 0.3) is 0 Å². The van der Waals surface area contributed by atoms with Crippen molar-refractivity contribution in [2.24, 2.45) is 0 Å². The largest absolute Gasteiger partial charge is 0.496 e. The number of esters is 1. The normalized spacial score (nSPS) is 10.3. The Bertz CT molecular complexity index is 921. The lowest BCUT2D eigenvalue weighted by Crippen LogP contribution is -2.10. The highest BCUT2D eigenvalue weighted by Gasteiger charge is 2.20. The molecule has 0 aliphatic rings. The standard InChI is InChI=1S/C18H15N3O5/c1-25-15-7-8-17(16(11-15)21(23)24)26-18(22)14-5-3-13(4-6-14)12-20-10-2-9-19-20/h2-11H,12H2,1H3. The van der Waals surface area contributed by atoms with Gasteiger partial charge in [0.2, 0.25) is 5.75 Å². The van der Waals surface area contributed by atoms with Gasteiger partial charge in [0.1, 0.15) is 5.75 Å². The van der Waals surface area contributed by atoms with Gasteiger partial charge in [-0.25, -0.2) is 4.79 Å². The molecule has 0 saturated heterocycles. The summed E-state index contributed by atoms with van der Waals surface area (Å²) >= 11 is 0. The fourth-order valence-corrected chi connectivity index (χ4v) is 2.34. The molecule has 0 atom stereocenters. The Morgan fingerprint density at radius 1 is 1.23 bits per heavy atom. The van der Waals surface area contributed by atoms with Gasteiger partial charge in [0.05, 0.1) is 30.2 Å². The Morgan fingerprint density at radius 2 is 2.00 bits per heavy atom. The minimum Gasteiger partial charge on any atom is -0.496 e. The van der Waals surface area contributed by atoms with Crippen molar-refractivity contribution >= 4 is 11.7 Å². The maximum atomic E-state index is 12.3. The van der Waals surface area contributed by atoms with Gasteiger partial charge in [-0.05, 0) is 35.9 Å². The van der Waals surface area contributed by atoms with E-state index in [0.717, 1.165) is 5.56 Å². The third-order valence-electron chi connectivity index (χ3n) is 3.66. The molecule has 8 nitrogen and oxygen atoms in total. The van der Waals surface area contributed by atoms with Crippen molar-refractivity contribution in [2.45, 2.75) is 6.54 Å². The van der Waals surface area contributed by atoms with Crippen LogP contribution in [0.5, 0.6) is 11.5 Å². The van der Waals surface area contributed by atoms with Gasteiger partial charge in [-0.2, -0.15) is 5.10 Å². The van der Waals surface area contributed by atoms with Crippen molar-refractivity contribution in [1.29, 1.82) is 0 Å². The number of aromatic nitrogens is 2. The summed E-state index contributed by atoms with van der Waals surface area (Å²) in [6.45, 7) is 0.576. The maximum absolute atomic E-state index is 12.3. The quantitative estimate of drug-likeness (QED) is 0.292. The highest BCUT2D eigenvalue weighted by Crippen LogP contribution is 2.31. The van der Waals surface area contributed by atoms with E-state index >= 15 is 0 Å². The molecule has 1 aromatic heterocycles. The number of carbonyl (C=O) groups excluding carboxylic acids is 1. The maximum Gasteiger partial charge on any atom is 0.343 e. The molecule has 2 aromatic carbocycles. The summed E-state index contributed by atoms with van der Waals surface area (Å²) in [6, 6.07) is 12.6. The van der Waals surface area contributed by atoms with E-state index in [2.05, 4.69) is 5.10 Å². The lowest BCUT2D eigenvalue weighted by Gasteiger charge is -2.07. The van der Waals surface area contributed by atoms with E-state index in [1.165, 1.54) is 25.3 Å². The molecule has 132 valence electrons. The van der Waals surface area contributed by atoms with E-state index in [4.69, 9.17) is 9.47 Å². The van der Waals surface area contributed by atoms with Gasteiger partial charge >= 0.3 is 11.7 Å². The van der Waals surface area contributed by atoms with Crippen LogP contribution >= 0.6 is 0 Å². The summed E-state index contributed by atoms with van der Waals surface area (Å²) in [4.78, 5) is 22.8. The lowest BCUT2D eigenvalue weighted by molar-refractivity contribution is -0.385. The van der Waals surface area contributed by atoms with Crippen LogP contribution in [-0.2, 0) is 6.54 Å². The van der Waals surface area contributed by atoms with Crippen molar-refractivity contribution < 1.29 is 19.2 Å². The van der Waals surface area contributed by atoms with Crippen LogP contribution in [0, 0.1) is 10.1 Å². The molecule has 26 heavy (non-hydrogen) atoms. The Kier molecular flexibility index (Phi) is 4.93. The molecule has 0 N–H and O–H groups in total. The van der Waals surface area contributed by atoms with Gasteiger partial charge < -0.3 is 9.47 Å². The average molecular weight is 353 g/mol. The van der Waals surface area contributed by atoms with Gasteiger partial charge in [-0.15, -0.1) is 0 Å². The molecule has 3 aromatic rings. The third kappa shape index (κ3) is 3.86. The highest BCUT2D eigenvalue weighted by molar-refractivity contribution is 5.91. The van der Waals surface area contributed by atoms with Crippen molar-refractivity contribution in [1.82, 2.24) is 9.78 Å². The second kappa shape index (κ2) is 7.47. The Labute approximate surface area is 148 Å². The van der Waals surface area contributed by atoms with Crippen LogP contribution < -0.4 is 9.47 Å². The number of benzene rings is 2. The first-order valence-corrected chi connectivity index (χ1v) is 7.68. The summed E-state index contributed by atoms with van der Waals surface area (Å²) in [5.74, 6) is -0.509. The first-order chi connectivity index (χ1) is 12.6. The number of nitrogens with zero attached hydrogens (tertiary/aromatic N) is 3. The number of ether oxygens (including phenoxy) is 2. The molecule has 0 saturated carbocycles. The third-order valence-corrected chi connectivity index (χ3v) is 3.66. The Balaban J connectivity index is 1.75. The first kappa shape index (κ1) is 17.2. The van der Waals surface area contributed by atoms with E-state index < -0.39 is 10.9 Å².